The quantitative estimate of drug-likeness (QED) is 0.785. The van der Waals surface area contributed by atoms with Gasteiger partial charge in [-0.1, -0.05) is 32.3 Å². The van der Waals surface area contributed by atoms with Gasteiger partial charge in [0, 0.05) is 12.1 Å². The Balaban J connectivity index is 1.90. The molecule has 2 rings (SSSR count). The maximum Gasteiger partial charge on any atom is 0.226 e. The van der Waals surface area contributed by atoms with Crippen LogP contribution in [-0.4, -0.2) is 26.1 Å². The first kappa shape index (κ1) is 14.2. The summed E-state index contributed by atoms with van der Waals surface area (Å²) in [5.41, 5.74) is 1.51. The number of tetrazole rings is 1. The minimum Gasteiger partial charge on any atom is -0.326 e. The highest BCUT2D eigenvalue weighted by atomic mass is 16.1. The molecule has 1 radical (unpaired) electrons. The van der Waals surface area contributed by atoms with Crippen LogP contribution in [0.4, 0.5) is 5.69 Å². The van der Waals surface area contributed by atoms with E-state index in [1.54, 1.807) is 0 Å². The van der Waals surface area contributed by atoms with Gasteiger partial charge in [0.2, 0.25) is 12.2 Å². The van der Waals surface area contributed by atoms with Crippen molar-refractivity contribution in [3.63, 3.8) is 0 Å². The molecule has 2 aromatic rings. The fourth-order valence-corrected chi connectivity index (χ4v) is 1.90. The summed E-state index contributed by atoms with van der Waals surface area (Å²) in [7, 11) is 0. The van der Waals surface area contributed by atoms with Gasteiger partial charge in [-0.3, -0.25) is 4.79 Å². The number of anilines is 1. The van der Waals surface area contributed by atoms with Crippen molar-refractivity contribution in [3.05, 3.63) is 30.6 Å². The first-order chi connectivity index (χ1) is 9.79. The largest absolute Gasteiger partial charge is 0.326 e. The van der Waals surface area contributed by atoms with Gasteiger partial charge in [-0.15, -0.1) is 5.10 Å². The van der Waals surface area contributed by atoms with E-state index in [0.29, 0.717) is 6.42 Å². The molecule has 6 heteroatoms. The second-order valence-electron chi connectivity index (χ2n) is 4.60. The van der Waals surface area contributed by atoms with E-state index in [4.69, 9.17) is 0 Å². The normalized spacial score (nSPS) is 10.4. The summed E-state index contributed by atoms with van der Waals surface area (Å²) in [6.45, 7) is 2.15. The summed E-state index contributed by atoms with van der Waals surface area (Å²) in [5, 5.41) is 13.7. The molecule has 20 heavy (non-hydrogen) atoms. The average molecular weight is 272 g/mol. The second kappa shape index (κ2) is 7.37. The van der Waals surface area contributed by atoms with Crippen LogP contribution in [0.25, 0.3) is 5.69 Å². The lowest BCUT2D eigenvalue weighted by Gasteiger charge is -2.06. The molecule has 105 valence electrons. The minimum absolute atomic E-state index is 0.0407. The maximum atomic E-state index is 11.8. The molecule has 0 spiro atoms. The molecule has 1 heterocycles. The number of rotatable bonds is 7. The summed E-state index contributed by atoms with van der Waals surface area (Å²) in [5.74, 6) is 0.0407. The molecule has 0 bridgehead atoms. The van der Waals surface area contributed by atoms with Crippen LogP contribution in [0.5, 0.6) is 0 Å². The van der Waals surface area contributed by atoms with Crippen LogP contribution < -0.4 is 5.32 Å². The minimum atomic E-state index is 0.0407. The lowest BCUT2D eigenvalue weighted by molar-refractivity contribution is -0.116. The number of nitrogens with one attached hydrogen (secondary N) is 1. The van der Waals surface area contributed by atoms with Crippen LogP contribution in [0.15, 0.2) is 24.3 Å². The number of amides is 1. The molecular weight excluding hydrogens is 254 g/mol. The fraction of sp³-hybridized carbons (Fsp3) is 0.429. The van der Waals surface area contributed by atoms with Crippen molar-refractivity contribution >= 4 is 11.6 Å². The van der Waals surface area contributed by atoms with Crippen LogP contribution in [0.3, 0.4) is 0 Å². The van der Waals surface area contributed by atoms with Gasteiger partial charge in [-0.05, 0) is 35.0 Å². The smallest absolute Gasteiger partial charge is 0.226 e. The summed E-state index contributed by atoms with van der Waals surface area (Å²) in [4.78, 5) is 11.8. The van der Waals surface area contributed by atoms with Crippen molar-refractivity contribution in [3.8, 4) is 5.69 Å². The molecule has 0 aliphatic rings. The van der Waals surface area contributed by atoms with Crippen molar-refractivity contribution in [2.45, 2.75) is 39.0 Å². The standard InChI is InChI=1S/C14H18N5O/c1-2-3-4-5-9-14(20)16-12-7-6-8-13(10-12)19-11-15-17-18-19/h6-8,10H,2-5,9H2,1H3,(H,16,20). The average Bonchev–Trinajstić information content (AvgIpc) is 2.98. The summed E-state index contributed by atoms with van der Waals surface area (Å²) in [6.07, 6.45) is 7.55. The van der Waals surface area contributed by atoms with E-state index in [1.165, 1.54) is 17.5 Å². The number of hydrogen-bond acceptors (Lipinski definition) is 4. The van der Waals surface area contributed by atoms with E-state index in [-0.39, 0.29) is 5.91 Å². The maximum absolute atomic E-state index is 11.8. The summed E-state index contributed by atoms with van der Waals surface area (Å²) in [6, 6.07) is 7.36. The third-order valence-corrected chi connectivity index (χ3v) is 2.95. The fourth-order valence-electron chi connectivity index (χ4n) is 1.90. The molecule has 0 aliphatic carbocycles. The Morgan fingerprint density at radius 2 is 2.25 bits per heavy atom. The van der Waals surface area contributed by atoms with Crippen molar-refractivity contribution in [1.82, 2.24) is 20.2 Å². The van der Waals surface area contributed by atoms with Gasteiger partial charge >= 0.3 is 0 Å². The van der Waals surface area contributed by atoms with Crippen molar-refractivity contribution in [2.24, 2.45) is 0 Å². The third-order valence-electron chi connectivity index (χ3n) is 2.95. The van der Waals surface area contributed by atoms with Gasteiger partial charge < -0.3 is 5.32 Å². The number of carbonyl (C=O) groups is 1. The number of benzene rings is 1. The van der Waals surface area contributed by atoms with E-state index in [1.807, 2.05) is 24.3 Å². The molecule has 0 fully saturated rings. The third kappa shape index (κ3) is 4.15. The Hall–Kier alpha value is -2.24. The van der Waals surface area contributed by atoms with Crippen LogP contribution in [-0.2, 0) is 4.79 Å². The molecule has 1 amide bonds. The Morgan fingerprint density at radius 1 is 1.35 bits per heavy atom. The number of aromatic nitrogens is 4. The predicted octanol–water partition coefficient (Wildman–Crippen LogP) is 2.37. The monoisotopic (exact) mass is 272 g/mol. The van der Waals surface area contributed by atoms with E-state index >= 15 is 0 Å². The van der Waals surface area contributed by atoms with Crippen molar-refractivity contribution in [2.75, 3.05) is 5.32 Å². The molecule has 1 aromatic carbocycles. The van der Waals surface area contributed by atoms with Crippen LogP contribution in [0.2, 0.25) is 0 Å². The topological polar surface area (TPSA) is 72.7 Å². The Labute approximate surface area is 118 Å². The molecule has 1 N–H and O–H groups in total. The highest BCUT2D eigenvalue weighted by molar-refractivity contribution is 5.90. The van der Waals surface area contributed by atoms with E-state index in [0.717, 1.165) is 24.2 Å². The lowest BCUT2D eigenvalue weighted by Crippen LogP contribution is -2.11. The van der Waals surface area contributed by atoms with Gasteiger partial charge in [-0.25, -0.2) is 0 Å². The SMILES string of the molecule is CCCCCCC(=O)Nc1cccc(-n2[c]nnn2)c1. The molecule has 6 nitrogen and oxygen atoms in total. The molecule has 0 unspecified atom stereocenters. The molecule has 0 saturated carbocycles. The van der Waals surface area contributed by atoms with Crippen LogP contribution in [0, 0.1) is 6.33 Å². The van der Waals surface area contributed by atoms with Crippen molar-refractivity contribution < 1.29 is 4.79 Å². The zero-order valence-corrected chi connectivity index (χ0v) is 11.5. The summed E-state index contributed by atoms with van der Waals surface area (Å²) >= 11 is 0. The van der Waals surface area contributed by atoms with Crippen molar-refractivity contribution in [1.29, 1.82) is 0 Å². The molecule has 1 aromatic heterocycles. The Bertz CT molecular complexity index is 538. The number of unbranched alkanes of at least 4 members (excludes halogenated alkanes) is 3. The lowest BCUT2D eigenvalue weighted by atomic mass is 10.1. The predicted molar refractivity (Wildman–Crippen MR) is 75.4 cm³/mol. The van der Waals surface area contributed by atoms with E-state index < -0.39 is 0 Å². The molecule has 0 atom stereocenters. The van der Waals surface area contributed by atoms with Gasteiger partial charge in [0.05, 0.1) is 5.69 Å². The van der Waals surface area contributed by atoms with E-state index in [2.05, 4.69) is 34.1 Å². The number of nitrogens with zero attached hydrogens (tertiary/aromatic N) is 4. The molecule has 0 aliphatic heterocycles. The van der Waals surface area contributed by atoms with Gasteiger partial charge in [0.1, 0.15) is 0 Å². The van der Waals surface area contributed by atoms with Crippen LogP contribution in [0.1, 0.15) is 39.0 Å². The molecule has 0 saturated heterocycles. The second-order valence-corrected chi connectivity index (χ2v) is 4.60. The molecular formula is C14H18N5O. The van der Waals surface area contributed by atoms with Crippen LogP contribution >= 0.6 is 0 Å². The highest BCUT2D eigenvalue weighted by Gasteiger charge is 2.04. The van der Waals surface area contributed by atoms with Gasteiger partial charge in [0.25, 0.3) is 0 Å². The highest BCUT2D eigenvalue weighted by Crippen LogP contribution is 2.14. The van der Waals surface area contributed by atoms with Gasteiger partial charge in [0.15, 0.2) is 0 Å². The Kier molecular flexibility index (Phi) is 5.23. The zero-order chi connectivity index (χ0) is 14.2. The number of carbonyl (C=O) groups excluding carboxylic acids is 1. The Morgan fingerprint density at radius 3 is 3.00 bits per heavy atom. The zero-order valence-electron chi connectivity index (χ0n) is 11.5. The first-order valence-corrected chi connectivity index (χ1v) is 6.86. The van der Waals surface area contributed by atoms with Gasteiger partial charge in [-0.2, -0.15) is 4.68 Å². The van der Waals surface area contributed by atoms with E-state index in [9.17, 15) is 4.79 Å². The first-order valence-electron chi connectivity index (χ1n) is 6.86. The summed E-state index contributed by atoms with van der Waals surface area (Å²) < 4.78 is 1.43. The number of hydrogen-bond donors (Lipinski definition) is 1.